The normalized spacial score (nSPS) is 13.2. The number of rotatable bonds is 6. The van der Waals surface area contributed by atoms with Crippen molar-refractivity contribution in [2.45, 2.75) is 12.8 Å². The third-order valence-corrected chi connectivity index (χ3v) is 5.05. The van der Waals surface area contributed by atoms with Crippen molar-refractivity contribution in [3.8, 4) is 5.75 Å². The maximum atomic E-state index is 5.80. The standard InChI is InChI=1S/C23H21N5O/c1-2-7-22-17(5-1)13-18(20-14-21-23(27-20)26-10-9-25-21)16-28(22)11-4-12-29-19-6-3-8-24-15-19/h1-3,5-10,14-16H,4,11-13H2,(H,26,27). The molecule has 0 unspecified atom stereocenters. The van der Waals surface area contributed by atoms with Crippen LogP contribution >= 0.6 is 0 Å². The highest BCUT2D eigenvalue weighted by Gasteiger charge is 2.19. The number of pyridine rings is 1. The largest absolute Gasteiger partial charge is 0.492 e. The molecule has 1 N–H and O–H groups in total. The average molecular weight is 383 g/mol. The zero-order chi connectivity index (χ0) is 19.5. The molecule has 0 saturated carbocycles. The summed E-state index contributed by atoms with van der Waals surface area (Å²) < 4.78 is 5.80. The molecular formula is C23H21N5O. The summed E-state index contributed by atoms with van der Waals surface area (Å²) in [5.74, 6) is 0.806. The number of H-pyrrole nitrogens is 1. The van der Waals surface area contributed by atoms with Gasteiger partial charge in [-0.15, -0.1) is 0 Å². The van der Waals surface area contributed by atoms with Gasteiger partial charge in [0, 0.05) is 49.1 Å². The van der Waals surface area contributed by atoms with Gasteiger partial charge in [-0.25, -0.2) is 4.98 Å². The Morgan fingerprint density at radius 2 is 1.97 bits per heavy atom. The van der Waals surface area contributed by atoms with Crippen LogP contribution in [0.3, 0.4) is 0 Å². The van der Waals surface area contributed by atoms with Crippen LogP contribution in [0.1, 0.15) is 17.7 Å². The van der Waals surface area contributed by atoms with E-state index in [2.05, 4.69) is 61.4 Å². The van der Waals surface area contributed by atoms with Gasteiger partial charge in [0.1, 0.15) is 11.3 Å². The predicted molar refractivity (Wildman–Crippen MR) is 114 cm³/mol. The summed E-state index contributed by atoms with van der Waals surface area (Å²) in [5.41, 5.74) is 6.58. The lowest BCUT2D eigenvalue weighted by atomic mass is 9.97. The van der Waals surface area contributed by atoms with Gasteiger partial charge >= 0.3 is 0 Å². The minimum absolute atomic E-state index is 0.647. The molecule has 1 aliphatic rings. The van der Waals surface area contributed by atoms with E-state index in [1.807, 2.05) is 12.1 Å². The van der Waals surface area contributed by atoms with E-state index >= 15 is 0 Å². The molecule has 0 radical (unpaired) electrons. The van der Waals surface area contributed by atoms with Crippen LogP contribution in [0.2, 0.25) is 0 Å². The number of nitrogens with one attached hydrogen (secondary N) is 1. The van der Waals surface area contributed by atoms with Gasteiger partial charge in [-0.05, 0) is 41.8 Å². The van der Waals surface area contributed by atoms with Crippen molar-refractivity contribution in [1.82, 2.24) is 19.9 Å². The molecule has 1 aromatic carbocycles. The minimum atomic E-state index is 0.647. The van der Waals surface area contributed by atoms with Gasteiger partial charge in [0.25, 0.3) is 0 Å². The Morgan fingerprint density at radius 3 is 2.86 bits per heavy atom. The Balaban J connectivity index is 1.35. The SMILES string of the molecule is C1=C(c2cc3nccnc3[nH]2)Cc2ccccc2N1CCCOc1cccnc1. The van der Waals surface area contributed by atoms with Gasteiger partial charge in [0.15, 0.2) is 5.65 Å². The number of fused-ring (bicyclic) bond motifs is 2. The van der Waals surface area contributed by atoms with Crippen molar-refractivity contribution >= 4 is 22.4 Å². The summed E-state index contributed by atoms with van der Waals surface area (Å²) in [7, 11) is 0. The van der Waals surface area contributed by atoms with Crippen molar-refractivity contribution < 1.29 is 4.74 Å². The van der Waals surface area contributed by atoms with E-state index in [1.54, 1.807) is 24.8 Å². The predicted octanol–water partition coefficient (Wildman–Crippen LogP) is 4.23. The number of hydrogen-bond acceptors (Lipinski definition) is 5. The Hall–Kier alpha value is -3.67. The number of allylic oxidation sites excluding steroid dienone is 1. The highest BCUT2D eigenvalue weighted by atomic mass is 16.5. The van der Waals surface area contributed by atoms with Gasteiger partial charge in [0.2, 0.25) is 0 Å². The van der Waals surface area contributed by atoms with Crippen molar-refractivity contribution in [3.05, 3.63) is 84.7 Å². The molecule has 4 aromatic rings. The summed E-state index contributed by atoms with van der Waals surface area (Å²) in [6, 6.07) is 14.5. The smallest absolute Gasteiger partial charge is 0.156 e. The van der Waals surface area contributed by atoms with Crippen LogP contribution in [-0.4, -0.2) is 33.1 Å². The second-order valence-corrected chi connectivity index (χ2v) is 7.02. The van der Waals surface area contributed by atoms with E-state index in [4.69, 9.17) is 4.74 Å². The fourth-order valence-corrected chi connectivity index (χ4v) is 3.68. The maximum Gasteiger partial charge on any atom is 0.156 e. The number of hydrogen-bond donors (Lipinski definition) is 1. The van der Waals surface area contributed by atoms with E-state index in [1.165, 1.54) is 16.8 Å². The lowest BCUT2D eigenvalue weighted by molar-refractivity contribution is 0.312. The van der Waals surface area contributed by atoms with Crippen LogP contribution in [-0.2, 0) is 6.42 Å². The molecule has 0 aliphatic carbocycles. The second kappa shape index (κ2) is 7.75. The molecule has 1 aliphatic heterocycles. The van der Waals surface area contributed by atoms with E-state index in [0.29, 0.717) is 6.61 Å². The van der Waals surface area contributed by atoms with E-state index < -0.39 is 0 Å². The zero-order valence-corrected chi connectivity index (χ0v) is 16.0. The van der Waals surface area contributed by atoms with Crippen molar-refractivity contribution in [2.24, 2.45) is 0 Å². The summed E-state index contributed by atoms with van der Waals surface area (Å²) in [5, 5.41) is 0. The summed E-state index contributed by atoms with van der Waals surface area (Å²) in [6.45, 7) is 1.52. The van der Waals surface area contributed by atoms with E-state index in [9.17, 15) is 0 Å². The molecule has 0 fully saturated rings. The topological polar surface area (TPSA) is 66.9 Å². The number of benzene rings is 1. The van der Waals surface area contributed by atoms with Crippen molar-refractivity contribution in [1.29, 1.82) is 0 Å². The highest BCUT2D eigenvalue weighted by molar-refractivity contribution is 5.82. The quantitative estimate of drug-likeness (QED) is 0.505. The summed E-state index contributed by atoms with van der Waals surface area (Å²) in [4.78, 5) is 18.6. The molecule has 144 valence electrons. The van der Waals surface area contributed by atoms with Gasteiger partial charge in [0.05, 0.1) is 12.8 Å². The first-order valence-electron chi connectivity index (χ1n) is 9.75. The monoisotopic (exact) mass is 383 g/mol. The van der Waals surface area contributed by atoms with Crippen molar-refractivity contribution in [2.75, 3.05) is 18.1 Å². The third-order valence-electron chi connectivity index (χ3n) is 5.05. The molecule has 6 nitrogen and oxygen atoms in total. The average Bonchev–Trinajstić information content (AvgIpc) is 3.21. The van der Waals surface area contributed by atoms with Crippen LogP contribution in [0.15, 0.2) is 73.5 Å². The van der Waals surface area contributed by atoms with Gasteiger partial charge in [-0.1, -0.05) is 18.2 Å². The first kappa shape index (κ1) is 17.4. The summed E-state index contributed by atoms with van der Waals surface area (Å²) >= 11 is 0. The Bertz CT molecular complexity index is 1120. The molecular weight excluding hydrogens is 362 g/mol. The Kier molecular flexibility index (Phi) is 4.66. The number of aromatic amines is 1. The van der Waals surface area contributed by atoms with Crippen molar-refractivity contribution in [3.63, 3.8) is 0 Å². The highest BCUT2D eigenvalue weighted by Crippen LogP contribution is 2.33. The van der Waals surface area contributed by atoms with E-state index in [0.717, 1.165) is 42.0 Å². The van der Waals surface area contributed by atoms with Crippen LogP contribution in [0.5, 0.6) is 5.75 Å². The number of anilines is 1. The minimum Gasteiger partial charge on any atom is -0.492 e. The molecule has 0 spiro atoms. The van der Waals surface area contributed by atoms with Crippen LogP contribution in [0, 0.1) is 0 Å². The fraction of sp³-hybridized carbons (Fsp3) is 0.174. The molecule has 5 rings (SSSR count). The molecule has 4 heterocycles. The first-order chi connectivity index (χ1) is 14.4. The lowest BCUT2D eigenvalue weighted by Gasteiger charge is -2.29. The van der Waals surface area contributed by atoms with Crippen LogP contribution in [0.4, 0.5) is 5.69 Å². The zero-order valence-electron chi connectivity index (χ0n) is 16.0. The summed E-state index contributed by atoms with van der Waals surface area (Å²) in [6.07, 6.45) is 10.9. The third kappa shape index (κ3) is 3.69. The van der Waals surface area contributed by atoms with Crippen LogP contribution in [0.25, 0.3) is 16.7 Å². The van der Waals surface area contributed by atoms with Gasteiger partial charge in [-0.2, -0.15) is 0 Å². The number of aromatic nitrogens is 4. The molecule has 0 atom stereocenters. The van der Waals surface area contributed by atoms with Gasteiger partial charge < -0.3 is 14.6 Å². The molecule has 0 bridgehead atoms. The fourth-order valence-electron chi connectivity index (χ4n) is 3.68. The molecule has 29 heavy (non-hydrogen) atoms. The second-order valence-electron chi connectivity index (χ2n) is 7.02. The van der Waals surface area contributed by atoms with E-state index in [-0.39, 0.29) is 0 Å². The Labute approximate surface area is 168 Å². The molecule has 0 amide bonds. The number of para-hydroxylation sites is 1. The van der Waals surface area contributed by atoms with Crippen LogP contribution < -0.4 is 9.64 Å². The molecule has 0 saturated heterocycles. The first-order valence-corrected chi connectivity index (χ1v) is 9.75. The number of ether oxygens (including phenoxy) is 1. The maximum absolute atomic E-state index is 5.80. The Morgan fingerprint density at radius 1 is 1.03 bits per heavy atom. The molecule has 3 aromatic heterocycles. The van der Waals surface area contributed by atoms with Gasteiger partial charge in [-0.3, -0.25) is 9.97 Å². The lowest BCUT2D eigenvalue weighted by Crippen LogP contribution is -2.24. The number of nitrogens with zero attached hydrogens (tertiary/aromatic N) is 4. The molecule has 6 heteroatoms.